The van der Waals surface area contributed by atoms with Crippen LogP contribution in [0.15, 0.2) is 28.8 Å². The van der Waals surface area contributed by atoms with E-state index in [1.807, 2.05) is 36.4 Å². The second kappa shape index (κ2) is 10.2. The van der Waals surface area contributed by atoms with Crippen LogP contribution in [0.4, 0.5) is 0 Å². The molecule has 136 valence electrons. The molecule has 1 aliphatic rings. The summed E-state index contributed by atoms with van der Waals surface area (Å²) in [5.74, 6) is 2.03. The van der Waals surface area contributed by atoms with E-state index in [0.29, 0.717) is 18.3 Å². The molecular formula is C19H26ClN3O2. The zero-order valence-corrected chi connectivity index (χ0v) is 15.5. The van der Waals surface area contributed by atoms with Crippen molar-refractivity contribution in [1.82, 2.24) is 15.0 Å². The van der Waals surface area contributed by atoms with E-state index in [4.69, 9.17) is 9.26 Å². The van der Waals surface area contributed by atoms with Crippen molar-refractivity contribution in [3.05, 3.63) is 41.5 Å². The Kier molecular flexibility index (Phi) is 7.95. The molecular weight excluding hydrogens is 338 g/mol. The standard InChI is InChI=1S/C19H25N3O2.ClH/c1-16-20-19(24-21-16)11-10-17-8-4-5-9-18(17)23-15-14-22-12-6-2-3-7-13-22;/h4-5,8-11H,2-3,6-7,12-15H2,1H3;1H/b11-10+;. The van der Waals surface area contributed by atoms with E-state index in [2.05, 4.69) is 15.0 Å². The lowest BCUT2D eigenvalue weighted by molar-refractivity contribution is 0.214. The summed E-state index contributed by atoms with van der Waals surface area (Å²) in [6, 6.07) is 8.03. The van der Waals surface area contributed by atoms with Gasteiger partial charge < -0.3 is 9.26 Å². The van der Waals surface area contributed by atoms with Crippen LogP contribution in [0.1, 0.15) is 43.0 Å². The smallest absolute Gasteiger partial charge is 0.250 e. The summed E-state index contributed by atoms with van der Waals surface area (Å²) in [6.45, 7) is 5.90. The second-order valence-electron chi connectivity index (χ2n) is 6.16. The number of halogens is 1. The van der Waals surface area contributed by atoms with E-state index in [-0.39, 0.29) is 12.4 Å². The summed E-state index contributed by atoms with van der Waals surface area (Å²) >= 11 is 0. The fourth-order valence-electron chi connectivity index (χ4n) is 2.94. The fourth-order valence-corrected chi connectivity index (χ4v) is 2.94. The third-order valence-corrected chi connectivity index (χ3v) is 4.23. The van der Waals surface area contributed by atoms with Crippen LogP contribution in [0.5, 0.6) is 5.75 Å². The van der Waals surface area contributed by atoms with Crippen molar-refractivity contribution in [2.24, 2.45) is 0 Å². The highest BCUT2D eigenvalue weighted by Crippen LogP contribution is 2.20. The first-order valence-electron chi connectivity index (χ1n) is 8.74. The minimum Gasteiger partial charge on any atom is -0.492 e. The molecule has 0 spiro atoms. The number of para-hydroxylation sites is 1. The quantitative estimate of drug-likeness (QED) is 0.768. The van der Waals surface area contributed by atoms with Crippen molar-refractivity contribution in [1.29, 1.82) is 0 Å². The van der Waals surface area contributed by atoms with Crippen LogP contribution < -0.4 is 4.74 Å². The maximum atomic E-state index is 6.01. The summed E-state index contributed by atoms with van der Waals surface area (Å²) in [5.41, 5.74) is 1.02. The Morgan fingerprint density at radius 1 is 1.12 bits per heavy atom. The number of nitrogens with zero attached hydrogens (tertiary/aromatic N) is 3. The molecule has 3 rings (SSSR count). The Labute approximate surface area is 155 Å². The summed E-state index contributed by atoms with van der Waals surface area (Å²) in [4.78, 5) is 6.68. The Hall–Kier alpha value is -1.85. The zero-order valence-electron chi connectivity index (χ0n) is 14.7. The van der Waals surface area contributed by atoms with Crippen LogP contribution in [0.25, 0.3) is 12.2 Å². The third kappa shape index (κ3) is 6.18. The van der Waals surface area contributed by atoms with Crippen molar-refractivity contribution in [2.75, 3.05) is 26.2 Å². The van der Waals surface area contributed by atoms with Crippen LogP contribution in [-0.4, -0.2) is 41.3 Å². The largest absolute Gasteiger partial charge is 0.492 e. The highest BCUT2D eigenvalue weighted by Gasteiger charge is 2.09. The van der Waals surface area contributed by atoms with Gasteiger partial charge in [-0.1, -0.05) is 36.2 Å². The maximum absolute atomic E-state index is 6.01. The number of aryl methyl sites for hydroxylation is 1. The molecule has 1 aromatic heterocycles. The van der Waals surface area contributed by atoms with Gasteiger partial charge in [-0.25, -0.2) is 0 Å². The summed E-state index contributed by atoms with van der Waals surface area (Å²) in [6.07, 6.45) is 9.11. The highest BCUT2D eigenvalue weighted by atomic mass is 35.5. The first-order chi connectivity index (χ1) is 11.8. The summed E-state index contributed by atoms with van der Waals surface area (Å²) < 4.78 is 11.1. The lowest BCUT2D eigenvalue weighted by Gasteiger charge is -2.20. The lowest BCUT2D eigenvalue weighted by Crippen LogP contribution is -2.29. The number of hydrogen-bond acceptors (Lipinski definition) is 5. The zero-order chi connectivity index (χ0) is 16.6. The fraction of sp³-hybridized carbons (Fsp3) is 0.474. The topological polar surface area (TPSA) is 51.4 Å². The molecule has 0 amide bonds. The molecule has 1 fully saturated rings. The number of rotatable bonds is 6. The Morgan fingerprint density at radius 2 is 1.88 bits per heavy atom. The average molecular weight is 364 g/mol. The molecule has 1 aliphatic heterocycles. The van der Waals surface area contributed by atoms with Crippen molar-refractivity contribution >= 4 is 24.6 Å². The van der Waals surface area contributed by atoms with Gasteiger partial charge in [-0.05, 0) is 45.0 Å². The molecule has 6 heteroatoms. The Morgan fingerprint density at radius 3 is 2.60 bits per heavy atom. The van der Waals surface area contributed by atoms with Gasteiger partial charge in [0.05, 0.1) is 0 Å². The van der Waals surface area contributed by atoms with Gasteiger partial charge in [0.15, 0.2) is 5.82 Å². The molecule has 2 heterocycles. The van der Waals surface area contributed by atoms with E-state index in [1.54, 1.807) is 6.92 Å². The number of likely N-dealkylation sites (tertiary alicyclic amines) is 1. The summed E-state index contributed by atoms with van der Waals surface area (Å²) in [7, 11) is 0. The van der Waals surface area contributed by atoms with Gasteiger partial charge in [-0.3, -0.25) is 4.90 Å². The van der Waals surface area contributed by atoms with Crippen LogP contribution in [0.3, 0.4) is 0 Å². The molecule has 0 atom stereocenters. The predicted octanol–water partition coefficient (Wildman–Crippen LogP) is 4.23. The van der Waals surface area contributed by atoms with Crippen LogP contribution in [0.2, 0.25) is 0 Å². The molecule has 0 unspecified atom stereocenters. The van der Waals surface area contributed by atoms with Gasteiger partial charge in [0.25, 0.3) is 5.89 Å². The average Bonchev–Trinajstić information content (AvgIpc) is 2.84. The van der Waals surface area contributed by atoms with Gasteiger partial charge in [-0.15, -0.1) is 12.4 Å². The normalized spacial score (nSPS) is 15.7. The van der Waals surface area contributed by atoms with Crippen molar-refractivity contribution in [3.63, 3.8) is 0 Å². The highest BCUT2D eigenvalue weighted by molar-refractivity contribution is 5.85. The first kappa shape index (κ1) is 19.5. The molecule has 1 aromatic carbocycles. The number of hydrogen-bond donors (Lipinski definition) is 0. The second-order valence-corrected chi connectivity index (χ2v) is 6.16. The summed E-state index contributed by atoms with van der Waals surface area (Å²) in [5, 5.41) is 3.79. The molecule has 1 saturated heterocycles. The maximum Gasteiger partial charge on any atom is 0.250 e. The molecule has 2 aromatic rings. The van der Waals surface area contributed by atoms with Gasteiger partial charge >= 0.3 is 0 Å². The van der Waals surface area contributed by atoms with Crippen molar-refractivity contribution < 1.29 is 9.26 Å². The van der Waals surface area contributed by atoms with E-state index >= 15 is 0 Å². The van der Waals surface area contributed by atoms with Crippen LogP contribution >= 0.6 is 12.4 Å². The van der Waals surface area contributed by atoms with E-state index in [1.165, 1.54) is 38.8 Å². The van der Waals surface area contributed by atoms with Gasteiger partial charge in [0.1, 0.15) is 12.4 Å². The molecule has 0 N–H and O–H groups in total. The molecule has 0 radical (unpaired) electrons. The van der Waals surface area contributed by atoms with E-state index in [9.17, 15) is 0 Å². The molecule has 0 saturated carbocycles. The molecule has 0 aliphatic carbocycles. The number of ether oxygens (including phenoxy) is 1. The predicted molar refractivity (Wildman–Crippen MR) is 102 cm³/mol. The number of benzene rings is 1. The van der Waals surface area contributed by atoms with Crippen molar-refractivity contribution in [2.45, 2.75) is 32.6 Å². The van der Waals surface area contributed by atoms with Gasteiger partial charge in [0.2, 0.25) is 0 Å². The van der Waals surface area contributed by atoms with E-state index < -0.39 is 0 Å². The van der Waals surface area contributed by atoms with E-state index in [0.717, 1.165) is 17.9 Å². The molecule has 5 nitrogen and oxygen atoms in total. The minimum absolute atomic E-state index is 0. The Balaban J connectivity index is 0.00000225. The number of aromatic nitrogens is 2. The third-order valence-electron chi connectivity index (χ3n) is 4.23. The molecule has 25 heavy (non-hydrogen) atoms. The minimum atomic E-state index is 0. The molecule has 0 bridgehead atoms. The first-order valence-corrected chi connectivity index (χ1v) is 8.74. The van der Waals surface area contributed by atoms with Crippen molar-refractivity contribution in [3.8, 4) is 5.75 Å². The SMILES string of the molecule is Cc1noc(/C=C/c2ccccc2OCCN2CCCCCC2)n1.Cl. The monoisotopic (exact) mass is 363 g/mol. The van der Waals surface area contributed by atoms with Gasteiger partial charge in [0, 0.05) is 18.2 Å². The van der Waals surface area contributed by atoms with Crippen LogP contribution in [0, 0.1) is 6.92 Å². The Bertz CT molecular complexity index is 664. The lowest BCUT2D eigenvalue weighted by atomic mass is 10.2. The van der Waals surface area contributed by atoms with Gasteiger partial charge in [-0.2, -0.15) is 4.98 Å². The van der Waals surface area contributed by atoms with Crippen LogP contribution in [-0.2, 0) is 0 Å².